The van der Waals surface area contributed by atoms with Crippen molar-refractivity contribution < 1.29 is 14.5 Å². The van der Waals surface area contributed by atoms with E-state index in [1.165, 1.54) is 19.2 Å². The molecule has 0 heterocycles. The van der Waals surface area contributed by atoms with Crippen LogP contribution in [0.1, 0.15) is 16.7 Å². The summed E-state index contributed by atoms with van der Waals surface area (Å²) in [4.78, 5) is 21.4. The van der Waals surface area contributed by atoms with Crippen LogP contribution < -0.4 is 5.73 Å². The molecule has 0 bridgehead atoms. The molecule has 0 aliphatic rings. The van der Waals surface area contributed by atoms with E-state index in [2.05, 4.69) is 4.74 Å². The molecule has 1 aromatic rings. The number of nitrogens with zero attached hydrogens (tertiary/aromatic N) is 2. The van der Waals surface area contributed by atoms with Gasteiger partial charge in [-0.3, -0.25) is 14.9 Å². The van der Waals surface area contributed by atoms with Crippen molar-refractivity contribution in [3.8, 4) is 6.07 Å². The average molecular weight is 249 g/mol. The Morgan fingerprint density at radius 1 is 1.56 bits per heavy atom. The van der Waals surface area contributed by atoms with Crippen LogP contribution in [0.2, 0.25) is 0 Å². The fourth-order valence-corrected chi connectivity index (χ4v) is 1.49. The van der Waals surface area contributed by atoms with Crippen molar-refractivity contribution in [3.05, 3.63) is 38.9 Å². The lowest BCUT2D eigenvalue weighted by molar-refractivity contribution is -0.385. The highest BCUT2D eigenvalue weighted by molar-refractivity contribution is 5.74. The SMILES string of the molecule is COC(=O)Cc1cc([N+](=O)[O-])c(CN)cc1C#N. The summed E-state index contributed by atoms with van der Waals surface area (Å²) in [5.41, 5.74) is 5.88. The average Bonchev–Trinajstić information content (AvgIpc) is 2.37. The van der Waals surface area contributed by atoms with Gasteiger partial charge in [-0.15, -0.1) is 0 Å². The van der Waals surface area contributed by atoms with Gasteiger partial charge in [0, 0.05) is 18.2 Å². The first-order valence-electron chi connectivity index (χ1n) is 5.00. The molecular formula is C11H11N3O4. The molecule has 0 saturated carbocycles. The van der Waals surface area contributed by atoms with Gasteiger partial charge in [0.25, 0.3) is 5.69 Å². The molecule has 0 aromatic heterocycles. The molecule has 7 heteroatoms. The van der Waals surface area contributed by atoms with Gasteiger partial charge in [-0.2, -0.15) is 5.26 Å². The molecule has 0 radical (unpaired) electrons. The normalized spacial score (nSPS) is 9.61. The summed E-state index contributed by atoms with van der Waals surface area (Å²) in [6.45, 7) is -0.0521. The maximum atomic E-state index is 11.2. The number of rotatable bonds is 4. The smallest absolute Gasteiger partial charge is 0.310 e. The van der Waals surface area contributed by atoms with E-state index in [0.717, 1.165) is 0 Å². The van der Waals surface area contributed by atoms with Crippen LogP contribution >= 0.6 is 0 Å². The summed E-state index contributed by atoms with van der Waals surface area (Å²) < 4.78 is 4.47. The van der Waals surface area contributed by atoms with Gasteiger partial charge in [0.2, 0.25) is 0 Å². The molecule has 1 rings (SSSR count). The van der Waals surface area contributed by atoms with Crippen molar-refractivity contribution >= 4 is 11.7 Å². The maximum absolute atomic E-state index is 11.2. The Kier molecular flexibility index (Phi) is 4.34. The van der Waals surface area contributed by atoms with Gasteiger partial charge in [0.1, 0.15) is 0 Å². The van der Waals surface area contributed by atoms with Crippen LogP contribution in [0.5, 0.6) is 0 Å². The predicted molar refractivity (Wildman–Crippen MR) is 61.4 cm³/mol. The molecule has 0 unspecified atom stereocenters. The zero-order chi connectivity index (χ0) is 13.7. The molecule has 0 aliphatic carbocycles. The van der Waals surface area contributed by atoms with Crippen molar-refractivity contribution in [2.45, 2.75) is 13.0 Å². The summed E-state index contributed by atoms with van der Waals surface area (Å²) in [6.07, 6.45) is -0.189. The highest BCUT2D eigenvalue weighted by Crippen LogP contribution is 2.23. The minimum atomic E-state index is -0.593. The number of hydrogen-bond acceptors (Lipinski definition) is 6. The minimum Gasteiger partial charge on any atom is -0.469 e. The van der Waals surface area contributed by atoms with E-state index in [0.29, 0.717) is 0 Å². The Morgan fingerprint density at radius 2 is 2.22 bits per heavy atom. The van der Waals surface area contributed by atoms with E-state index in [4.69, 9.17) is 11.0 Å². The molecule has 0 spiro atoms. The van der Waals surface area contributed by atoms with Crippen LogP contribution in [0.4, 0.5) is 5.69 Å². The third-order valence-electron chi connectivity index (χ3n) is 2.40. The van der Waals surface area contributed by atoms with Crippen molar-refractivity contribution in [3.63, 3.8) is 0 Å². The van der Waals surface area contributed by atoms with Crippen LogP contribution in [0.25, 0.3) is 0 Å². The molecule has 2 N–H and O–H groups in total. The van der Waals surface area contributed by atoms with E-state index < -0.39 is 10.9 Å². The number of nitro benzene ring substituents is 1. The van der Waals surface area contributed by atoms with Gasteiger partial charge in [0.05, 0.1) is 30.1 Å². The molecule has 0 amide bonds. The number of benzene rings is 1. The van der Waals surface area contributed by atoms with Gasteiger partial charge in [-0.1, -0.05) is 0 Å². The second-order valence-electron chi connectivity index (χ2n) is 3.46. The lowest BCUT2D eigenvalue weighted by Gasteiger charge is -2.06. The molecule has 0 saturated heterocycles. The highest BCUT2D eigenvalue weighted by atomic mass is 16.6. The molecule has 0 fully saturated rings. The van der Waals surface area contributed by atoms with Gasteiger partial charge in [0.15, 0.2) is 0 Å². The van der Waals surface area contributed by atoms with Crippen molar-refractivity contribution in [1.82, 2.24) is 0 Å². The summed E-state index contributed by atoms with van der Waals surface area (Å²) >= 11 is 0. The quantitative estimate of drug-likeness (QED) is 0.475. The van der Waals surface area contributed by atoms with E-state index in [-0.39, 0.29) is 35.3 Å². The summed E-state index contributed by atoms with van der Waals surface area (Å²) in [5, 5.41) is 19.8. The first-order chi connectivity index (χ1) is 8.53. The van der Waals surface area contributed by atoms with Gasteiger partial charge < -0.3 is 10.5 Å². The number of ether oxygens (including phenoxy) is 1. The summed E-state index contributed by atoms with van der Waals surface area (Å²) in [7, 11) is 1.21. The van der Waals surface area contributed by atoms with Gasteiger partial charge in [-0.25, -0.2) is 0 Å². The minimum absolute atomic E-state index is 0.0521. The third kappa shape index (κ3) is 2.81. The second-order valence-corrected chi connectivity index (χ2v) is 3.46. The molecule has 94 valence electrons. The number of esters is 1. The summed E-state index contributed by atoms with van der Waals surface area (Å²) in [6, 6.07) is 4.40. The highest BCUT2D eigenvalue weighted by Gasteiger charge is 2.18. The monoisotopic (exact) mass is 249 g/mol. The molecule has 0 atom stereocenters. The van der Waals surface area contributed by atoms with Crippen molar-refractivity contribution in [2.75, 3.05) is 7.11 Å². The zero-order valence-corrected chi connectivity index (χ0v) is 9.67. The van der Waals surface area contributed by atoms with Crippen molar-refractivity contribution in [2.24, 2.45) is 5.73 Å². The Labute approximate surface area is 103 Å². The van der Waals surface area contributed by atoms with E-state index in [9.17, 15) is 14.9 Å². The number of nitriles is 1. The van der Waals surface area contributed by atoms with Gasteiger partial charge >= 0.3 is 5.97 Å². The third-order valence-corrected chi connectivity index (χ3v) is 2.40. The maximum Gasteiger partial charge on any atom is 0.310 e. The Hall–Kier alpha value is -2.46. The van der Waals surface area contributed by atoms with E-state index in [1.807, 2.05) is 6.07 Å². The first-order valence-corrected chi connectivity index (χ1v) is 5.00. The Balaban J connectivity index is 3.33. The molecular weight excluding hydrogens is 238 g/mol. The lowest BCUT2D eigenvalue weighted by atomic mass is 10.0. The molecule has 18 heavy (non-hydrogen) atoms. The predicted octanol–water partition coefficient (Wildman–Crippen LogP) is 0.641. The fourth-order valence-electron chi connectivity index (χ4n) is 1.49. The Morgan fingerprint density at radius 3 is 2.67 bits per heavy atom. The molecule has 7 nitrogen and oxygen atoms in total. The largest absolute Gasteiger partial charge is 0.469 e. The van der Waals surface area contributed by atoms with Gasteiger partial charge in [-0.05, 0) is 11.6 Å². The number of methoxy groups -OCH3 is 1. The number of nitro groups is 1. The number of nitrogens with two attached hydrogens (primary N) is 1. The summed E-state index contributed by atoms with van der Waals surface area (Å²) in [5.74, 6) is -0.568. The topological polar surface area (TPSA) is 119 Å². The Bertz CT molecular complexity index is 534. The second kappa shape index (κ2) is 5.75. The van der Waals surface area contributed by atoms with Crippen LogP contribution in [0.3, 0.4) is 0 Å². The number of carbonyl (C=O) groups excluding carboxylic acids is 1. The van der Waals surface area contributed by atoms with Crippen molar-refractivity contribution in [1.29, 1.82) is 5.26 Å². The molecule has 0 aliphatic heterocycles. The van der Waals surface area contributed by atoms with Crippen LogP contribution in [0.15, 0.2) is 12.1 Å². The first kappa shape index (κ1) is 13.6. The van der Waals surface area contributed by atoms with Crippen LogP contribution in [-0.2, 0) is 22.5 Å². The standard InChI is InChI=1S/C11H11N3O4/c1-18-11(15)4-7-3-10(14(16)17)9(6-13)2-8(7)5-12/h2-3H,4,6,13H2,1H3. The fraction of sp³-hybridized carbons (Fsp3) is 0.273. The van der Waals surface area contributed by atoms with E-state index in [1.54, 1.807) is 0 Å². The van der Waals surface area contributed by atoms with Crippen LogP contribution in [0, 0.1) is 21.4 Å². The van der Waals surface area contributed by atoms with E-state index >= 15 is 0 Å². The number of hydrogen-bond donors (Lipinski definition) is 1. The van der Waals surface area contributed by atoms with Crippen LogP contribution in [-0.4, -0.2) is 18.0 Å². The number of carbonyl (C=O) groups is 1. The molecule has 1 aromatic carbocycles. The zero-order valence-electron chi connectivity index (χ0n) is 9.67. The lowest BCUT2D eigenvalue weighted by Crippen LogP contribution is -2.09.